The molecule has 2 rings (SSSR count). The Bertz CT molecular complexity index is 426. The van der Waals surface area contributed by atoms with E-state index in [-0.39, 0.29) is 0 Å². The van der Waals surface area contributed by atoms with E-state index >= 15 is 0 Å². The maximum atomic E-state index is 3.38. The van der Waals surface area contributed by atoms with E-state index in [1.807, 2.05) is 30.3 Å². The first-order valence-corrected chi connectivity index (χ1v) is 8.20. The average molecular weight is 421 g/mol. The van der Waals surface area contributed by atoms with Gasteiger partial charge in [0.05, 0.1) is 0 Å². The highest BCUT2D eigenvalue weighted by molar-refractivity contribution is 9.10. The van der Waals surface area contributed by atoms with Gasteiger partial charge in [-0.3, -0.25) is 0 Å². The van der Waals surface area contributed by atoms with Gasteiger partial charge in [-0.2, -0.15) is 0 Å². The summed E-state index contributed by atoms with van der Waals surface area (Å²) in [4.78, 5) is 0. The minimum atomic E-state index is 0.923. The van der Waals surface area contributed by atoms with Crippen LogP contribution in [-0.4, -0.2) is 0 Å². The van der Waals surface area contributed by atoms with E-state index in [1.165, 1.54) is 11.1 Å². The fraction of sp³-hybridized carbons (Fsp3) is 0.143. The highest BCUT2D eigenvalue weighted by Gasteiger charge is 1.88. The molecule has 0 spiro atoms. The van der Waals surface area contributed by atoms with Crippen molar-refractivity contribution < 1.29 is 0 Å². The van der Waals surface area contributed by atoms with Crippen LogP contribution in [0, 0.1) is 0 Å². The molecule has 0 aliphatic rings. The number of benzene rings is 2. The minimum Gasteiger partial charge on any atom is -0.0876 e. The van der Waals surface area contributed by atoms with Crippen molar-refractivity contribution in [3.05, 3.63) is 70.2 Å². The van der Waals surface area contributed by atoms with Crippen molar-refractivity contribution in [1.29, 1.82) is 0 Å². The number of alkyl halides is 2. The van der Waals surface area contributed by atoms with E-state index < -0.39 is 0 Å². The zero-order chi connectivity index (χ0) is 12.5. The third-order valence-electron chi connectivity index (χ3n) is 2.04. The fourth-order valence-electron chi connectivity index (χ4n) is 1.19. The van der Waals surface area contributed by atoms with Crippen molar-refractivity contribution in [2.75, 3.05) is 0 Å². The van der Waals surface area contributed by atoms with E-state index in [1.54, 1.807) is 0 Å². The second-order valence-electron chi connectivity index (χ2n) is 3.38. The molecule has 0 nitrogen and oxygen atoms in total. The maximum absolute atomic E-state index is 3.38. The Labute approximate surface area is 128 Å². The van der Waals surface area contributed by atoms with Crippen molar-refractivity contribution in [3.63, 3.8) is 0 Å². The summed E-state index contributed by atoms with van der Waals surface area (Å²) in [6.07, 6.45) is 0. The molecule has 17 heavy (non-hydrogen) atoms. The molecule has 0 heterocycles. The van der Waals surface area contributed by atoms with Gasteiger partial charge in [0.2, 0.25) is 0 Å². The first-order valence-electron chi connectivity index (χ1n) is 5.16. The number of rotatable bonds is 2. The monoisotopic (exact) mass is 418 g/mol. The van der Waals surface area contributed by atoms with Crippen molar-refractivity contribution in [1.82, 2.24) is 0 Å². The van der Waals surface area contributed by atoms with Crippen LogP contribution in [0.2, 0.25) is 0 Å². The molecule has 0 unspecified atom stereocenters. The lowest BCUT2D eigenvalue weighted by Gasteiger charge is -1.93. The summed E-state index contributed by atoms with van der Waals surface area (Å²) in [5, 5.41) is 1.88. The quantitative estimate of drug-likeness (QED) is 0.528. The molecule has 90 valence electrons. The summed E-state index contributed by atoms with van der Waals surface area (Å²) in [5.41, 5.74) is 2.62. The molecule has 2 aromatic carbocycles. The lowest BCUT2D eigenvalue weighted by Crippen LogP contribution is -1.73. The molecule has 0 saturated heterocycles. The molecule has 0 N–H and O–H groups in total. The molecule has 0 bridgehead atoms. The molecule has 3 heteroatoms. The van der Waals surface area contributed by atoms with Gasteiger partial charge in [-0.15, -0.1) is 0 Å². The highest BCUT2D eigenvalue weighted by Crippen LogP contribution is 2.13. The van der Waals surface area contributed by atoms with Crippen LogP contribution in [0.1, 0.15) is 11.1 Å². The van der Waals surface area contributed by atoms with Gasteiger partial charge in [-0.25, -0.2) is 0 Å². The van der Waals surface area contributed by atoms with Crippen LogP contribution in [0.4, 0.5) is 0 Å². The lowest BCUT2D eigenvalue weighted by molar-refractivity contribution is 1.42. The van der Waals surface area contributed by atoms with Gasteiger partial charge in [0.1, 0.15) is 0 Å². The number of halogens is 3. The van der Waals surface area contributed by atoms with Crippen LogP contribution in [-0.2, 0) is 10.7 Å². The van der Waals surface area contributed by atoms with Gasteiger partial charge in [-0.1, -0.05) is 90.3 Å². The van der Waals surface area contributed by atoms with E-state index in [9.17, 15) is 0 Å². The number of hydrogen-bond donors (Lipinski definition) is 0. The van der Waals surface area contributed by atoms with Gasteiger partial charge in [0, 0.05) is 15.1 Å². The summed E-state index contributed by atoms with van der Waals surface area (Å²) in [7, 11) is 0. The SMILES string of the molecule is BrCc1cccc(Br)c1.BrCc1ccccc1. The normalized spacial score (nSPS) is 9.35. The topological polar surface area (TPSA) is 0 Å². The molecule has 0 radical (unpaired) electrons. The van der Waals surface area contributed by atoms with E-state index in [0.29, 0.717) is 0 Å². The van der Waals surface area contributed by atoms with Crippen molar-refractivity contribution in [3.8, 4) is 0 Å². The maximum Gasteiger partial charge on any atom is 0.0283 e. The summed E-state index contributed by atoms with van der Waals surface area (Å²) in [6, 6.07) is 18.5. The molecule has 0 aliphatic carbocycles. The van der Waals surface area contributed by atoms with Gasteiger partial charge in [0.25, 0.3) is 0 Å². The second-order valence-corrected chi connectivity index (χ2v) is 5.42. The predicted molar refractivity (Wildman–Crippen MR) is 85.8 cm³/mol. The van der Waals surface area contributed by atoms with Crippen LogP contribution >= 0.6 is 47.8 Å². The summed E-state index contributed by atoms with van der Waals surface area (Å²) in [6.45, 7) is 0. The van der Waals surface area contributed by atoms with Gasteiger partial charge < -0.3 is 0 Å². The molecule has 2 aromatic rings. The van der Waals surface area contributed by atoms with Crippen LogP contribution in [0.25, 0.3) is 0 Å². The molecule has 0 aromatic heterocycles. The standard InChI is InChI=1S/C7H6Br2.C7H7Br/c8-5-6-2-1-3-7(9)4-6;8-6-7-4-2-1-3-5-7/h1-4H,5H2;1-5H,6H2. The smallest absolute Gasteiger partial charge is 0.0283 e. The lowest BCUT2D eigenvalue weighted by atomic mass is 10.2. The molecule has 0 aliphatic heterocycles. The van der Waals surface area contributed by atoms with Crippen molar-refractivity contribution in [2.45, 2.75) is 10.7 Å². The Hall–Kier alpha value is -0.120. The Morgan fingerprint density at radius 2 is 1.29 bits per heavy atom. The van der Waals surface area contributed by atoms with Crippen LogP contribution in [0.3, 0.4) is 0 Å². The van der Waals surface area contributed by atoms with E-state index in [0.717, 1.165) is 15.1 Å². The summed E-state index contributed by atoms with van der Waals surface area (Å²) in [5.74, 6) is 0. The summed E-state index contributed by atoms with van der Waals surface area (Å²) >= 11 is 10.1. The molecular weight excluding hydrogens is 408 g/mol. The molecular formula is C14H13Br3. The third-order valence-corrected chi connectivity index (χ3v) is 3.83. The Balaban J connectivity index is 0.000000171. The third kappa shape index (κ3) is 6.39. The number of hydrogen-bond acceptors (Lipinski definition) is 0. The van der Waals surface area contributed by atoms with E-state index in [4.69, 9.17) is 0 Å². The Kier molecular flexibility index (Phi) is 7.82. The molecule has 0 fully saturated rings. The predicted octanol–water partition coefficient (Wildman–Crippen LogP) is 5.93. The molecule has 0 atom stereocenters. The largest absolute Gasteiger partial charge is 0.0876 e. The van der Waals surface area contributed by atoms with Crippen molar-refractivity contribution in [2.24, 2.45) is 0 Å². The van der Waals surface area contributed by atoms with Gasteiger partial charge >= 0.3 is 0 Å². The zero-order valence-corrected chi connectivity index (χ0v) is 14.0. The Morgan fingerprint density at radius 1 is 0.706 bits per heavy atom. The van der Waals surface area contributed by atoms with Crippen LogP contribution < -0.4 is 0 Å². The second kappa shape index (κ2) is 8.90. The van der Waals surface area contributed by atoms with Crippen LogP contribution in [0.15, 0.2) is 59.1 Å². The zero-order valence-electron chi connectivity index (χ0n) is 9.24. The molecule has 0 saturated carbocycles. The first-order chi connectivity index (χ1) is 8.26. The van der Waals surface area contributed by atoms with Gasteiger partial charge in [0.15, 0.2) is 0 Å². The summed E-state index contributed by atoms with van der Waals surface area (Å²) < 4.78 is 1.14. The van der Waals surface area contributed by atoms with Crippen LogP contribution in [0.5, 0.6) is 0 Å². The highest BCUT2D eigenvalue weighted by atomic mass is 79.9. The Morgan fingerprint density at radius 3 is 1.71 bits per heavy atom. The fourth-order valence-corrected chi connectivity index (χ4v) is 2.36. The molecule has 0 amide bonds. The van der Waals surface area contributed by atoms with Crippen molar-refractivity contribution >= 4 is 47.8 Å². The van der Waals surface area contributed by atoms with Gasteiger partial charge in [-0.05, 0) is 23.3 Å². The average Bonchev–Trinajstić information content (AvgIpc) is 2.40. The first kappa shape index (κ1) is 14.9. The van der Waals surface area contributed by atoms with E-state index in [2.05, 4.69) is 72.1 Å². The minimum absolute atomic E-state index is 0.923.